The molecule has 2 N–H and O–H groups in total. The summed E-state index contributed by atoms with van der Waals surface area (Å²) < 4.78 is 41.0. The lowest BCUT2D eigenvalue weighted by Crippen LogP contribution is -2.07. The summed E-state index contributed by atoms with van der Waals surface area (Å²) in [5.74, 6) is 0.182. The molecule has 0 atom stereocenters. The van der Waals surface area contributed by atoms with E-state index < -0.39 is 11.7 Å². The fourth-order valence-corrected chi connectivity index (χ4v) is 4.14. The largest absolute Gasteiger partial charge is 0.508 e. The molecule has 1 heterocycles. The van der Waals surface area contributed by atoms with E-state index >= 15 is 0 Å². The average Bonchev–Trinajstić information content (AvgIpc) is 3.10. The normalized spacial score (nSPS) is 12.5. The molecule has 6 heteroatoms. The van der Waals surface area contributed by atoms with Crippen LogP contribution in [0.5, 0.6) is 11.5 Å². The minimum atomic E-state index is -4.52. The highest BCUT2D eigenvalue weighted by atomic mass is 19.4. The summed E-state index contributed by atoms with van der Waals surface area (Å²) in [5.41, 5.74) is 3.88. The van der Waals surface area contributed by atoms with Crippen molar-refractivity contribution in [2.45, 2.75) is 12.6 Å². The van der Waals surface area contributed by atoms with Crippen LogP contribution in [-0.2, 0) is 12.6 Å². The van der Waals surface area contributed by atoms with E-state index in [4.69, 9.17) is 0 Å². The summed E-state index contributed by atoms with van der Waals surface area (Å²) in [4.78, 5) is 4.63. The van der Waals surface area contributed by atoms with Gasteiger partial charge in [-0.3, -0.25) is 0 Å². The van der Waals surface area contributed by atoms with Crippen LogP contribution in [0.15, 0.2) is 72.8 Å². The lowest BCUT2D eigenvalue weighted by atomic mass is 9.94. The number of phenolic OH excluding ortho intramolecular Hbond substituents is 2. The molecule has 1 aliphatic rings. The summed E-state index contributed by atoms with van der Waals surface area (Å²) in [5, 5.41) is 19.9. The zero-order chi connectivity index (χ0) is 21.8. The number of fused-ring (bicyclic) bond motifs is 3. The molecule has 1 aromatic heterocycles. The zero-order valence-corrected chi connectivity index (χ0v) is 16.1. The Morgan fingerprint density at radius 1 is 0.742 bits per heavy atom. The first-order valence-electron chi connectivity index (χ1n) is 9.63. The second kappa shape index (κ2) is 6.87. The van der Waals surface area contributed by atoms with Crippen LogP contribution < -0.4 is 0 Å². The molecule has 0 bridgehead atoms. The van der Waals surface area contributed by atoms with Gasteiger partial charge < -0.3 is 10.2 Å². The van der Waals surface area contributed by atoms with Crippen LogP contribution in [-0.4, -0.2) is 15.2 Å². The van der Waals surface area contributed by atoms with Gasteiger partial charge >= 0.3 is 6.18 Å². The van der Waals surface area contributed by atoms with Gasteiger partial charge in [0.2, 0.25) is 0 Å². The average molecular weight is 419 g/mol. The van der Waals surface area contributed by atoms with E-state index in [1.165, 1.54) is 18.2 Å². The second-order valence-electron chi connectivity index (χ2n) is 7.49. The fourth-order valence-electron chi connectivity index (χ4n) is 4.14. The van der Waals surface area contributed by atoms with Crippen molar-refractivity contribution in [3.8, 4) is 45.1 Å². The minimum Gasteiger partial charge on any atom is -0.508 e. The monoisotopic (exact) mass is 419 g/mol. The molecule has 0 aliphatic heterocycles. The van der Waals surface area contributed by atoms with Crippen LogP contribution in [0.3, 0.4) is 0 Å². The number of nitrogens with zero attached hydrogens (tertiary/aromatic N) is 1. The summed E-state index contributed by atoms with van der Waals surface area (Å²) in [7, 11) is 0. The van der Waals surface area contributed by atoms with Crippen molar-refractivity contribution in [3.63, 3.8) is 0 Å². The molecule has 0 amide bonds. The quantitative estimate of drug-likeness (QED) is 0.347. The third-order valence-corrected chi connectivity index (χ3v) is 5.50. The van der Waals surface area contributed by atoms with E-state index in [9.17, 15) is 23.4 Å². The van der Waals surface area contributed by atoms with Gasteiger partial charge in [-0.05, 0) is 64.7 Å². The summed E-state index contributed by atoms with van der Waals surface area (Å²) >= 11 is 0. The van der Waals surface area contributed by atoms with Crippen molar-refractivity contribution < 1.29 is 23.4 Å². The Labute approximate surface area is 176 Å². The van der Waals surface area contributed by atoms with Crippen molar-refractivity contribution in [3.05, 3.63) is 89.5 Å². The molecule has 0 saturated carbocycles. The van der Waals surface area contributed by atoms with Crippen LogP contribution in [0.25, 0.3) is 33.6 Å². The molecule has 0 saturated heterocycles. The van der Waals surface area contributed by atoms with Crippen molar-refractivity contribution in [2.75, 3.05) is 0 Å². The number of aromatic hydroxyl groups is 2. The predicted octanol–water partition coefficient (Wildman–Crippen LogP) is 6.42. The molecule has 3 nitrogen and oxygen atoms in total. The number of benzene rings is 3. The Balaban J connectivity index is 1.81. The smallest absolute Gasteiger partial charge is 0.417 e. The molecule has 1 aliphatic carbocycles. The number of pyridine rings is 1. The van der Waals surface area contributed by atoms with Gasteiger partial charge in [-0.2, -0.15) is 13.2 Å². The zero-order valence-electron chi connectivity index (χ0n) is 16.1. The number of alkyl halides is 3. The lowest BCUT2D eigenvalue weighted by molar-refractivity contribution is -0.137. The first-order chi connectivity index (χ1) is 14.8. The fraction of sp³-hybridized carbons (Fsp3) is 0.0800. The molecular formula is C25H16F3NO2. The van der Waals surface area contributed by atoms with E-state index in [0.29, 0.717) is 23.2 Å². The van der Waals surface area contributed by atoms with Crippen LogP contribution in [0.1, 0.15) is 16.7 Å². The highest BCUT2D eigenvalue weighted by Gasteiger charge is 2.34. The standard InChI is InChI=1S/C25H16F3NO2/c26-25(27,28)22-7-2-1-6-19(22)23-13-20(14-4-3-5-16(30)10-14)21-12-15-11-17(31)8-9-18(15)24(21)29-23/h1-11,13,30-31H,12H2. The maximum atomic E-state index is 13.7. The molecule has 0 radical (unpaired) electrons. The van der Waals surface area contributed by atoms with Gasteiger partial charge in [0.05, 0.1) is 17.0 Å². The van der Waals surface area contributed by atoms with E-state index in [1.807, 2.05) is 0 Å². The summed E-state index contributed by atoms with van der Waals surface area (Å²) in [6, 6.07) is 18.5. The third kappa shape index (κ3) is 3.30. The first-order valence-corrected chi connectivity index (χ1v) is 9.63. The van der Waals surface area contributed by atoms with Crippen LogP contribution in [0.2, 0.25) is 0 Å². The molecule has 154 valence electrons. The van der Waals surface area contributed by atoms with Crippen LogP contribution >= 0.6 is 0 Å². The van der Waals surface area contributed by atoms with Crippen molar-refractivity contribution in [1.82, 2.24) is 4.98 Å². The van der Waals surface area contributed by atoms with Gasteiger partial charge in [0, 0.05) is 17.5 Å². The Hall–Kier alpha value is -3.80. The van der Waals surface area contributed by atoms with Crippen LogP contribution in [0, 0.1) is 0 Å². The van der Waals surface area contributed by atoms with Crippen molar-refractivity contribution in [2.24, 2.45) is 0 Å². The van der Waals surface area contributed by atoms with E-state index in [-0.39, 0.29) is 22.8 Å². The molecule has 3 aromatic carbocycles. The predicted molar refractivity (Wildman–Crippen MR) is 112 cm³/mol. The summed E-state index contributed by atoms with van der Waals surface area (Å²) in [6.45, 7) is 0. The van der Waals surface area contributed by atoms with Crippen molar-refractivity contribution >= 4 is 0 Å². The highest BCUT2D eigenvalue weighted by Crippen LogP contribution is 2.45. The van der Waals surface area contributed by atoms with E-state index in [2.05, 4.69) is 4.98 Å². The Kier molecular flexibility index (Phi) is 4.25. The number of hydrogen-bond acceptors (Lipinski definition) is 3. The molecule has 4 aromatic rings. The maximum absolute atomic E-state index is 13.7. The molecule has 31 heavy (non-hydrogen) atoms. The maximum Gasteiger partial charge on any atom is 0.417 e. The SMILES string of the molecule is Oc1cccc(-c2cc(-c3ccccc3C(F)(F)F)nc3c2Cc2cc(O)ccc2-3)c1. The Morgan fingerprint density at radius 2 is 1.52 bits per heavy atom. The Bertz CT molecular complexity index is 1330. The number of phenols is 2. The second-order valence-corrected chi connectivity index (χ2v) is 7.49. The first kappa shape index (κ1) is 19.2. The number of halogens is 3. The topological polar surface area (TPSA) is 53.4 Å². The molecule has 0 unspecified atom stereocenters. The molecule has 0 spiro atoms. The lowest BCUT2D eigenvalue weighted by Gasteiger charge is -2.16. The molecule has 0 fully saturated rings. The minimum absolute atomic E-state index is 0.00793. The number of rotatable bonds is 2. The molecular weight excluding hydrogens is 403 g/mol. The van der Waals surface area contributed by atoms with Gasteiger partial charge in [0.25, 0.3) is 0 Å². The van der Waals surface area contributed by atoms with Crippen LogP contribution in [0.4, 0.5) is 13.2 Å². The van der Waals surface area contributed by atoms with E-state index in [1.54, 1.807) is 48.5 Å². The molecule has 5 rings (SSSR count). The van der Waals surface area contributed by atoms with Crippen molar-refractivity contribution in [1.29, 1.82) is 0 Å². The van der Waals surface area contributed by atoms with Gasteiger partial charge in [-0.15, -0.1) is 0 Å². The third-order valence-electron chi connectivity index (χ3n) is 5.50. The van der Waals surface area contributed by atoms with Gasteiger partial charge in [-0.1, -0.05) is 30.3 Å². The number of hydrogen-bond donors (Lipinski definition) is 2. The Morgan fingerprint density at radius 3 is 2.29 bits per heavy atom. The van der Waals surface area contributed by atoms with Gasteiger partial charge in [0.15, 0.2) is 0 Å². The van der Waals surface area contributed by atoms with Gasteiger partial charge in [-0.25, -0.2) is 4.98 Å². The van der Waals surface area contributed by atoms with Gasteiger partial charge in [0.1, 0.15) is 11.5 Å². The van der Waals surface area contributed by atoms with E-state index in [0.717, 1.165) is 22.8 Å². The summed E-state index contributed by atoms with van der Waals surface area (Å²) in [6.07, 6.45) is -4.04. The number of aromatic nitrogens is 1. The highest BCUT2D eigenvalue weighted by molar-refractivity contribution is 5.86.